The van der Waals surface area contributed by atoms with E-state index in [0.717, 1.165) is 63.2 Å². The lowest BCUT2D eigenvalue weighted by Crippen LogP contribution is -2.32. The van der Waals surface area contributed by atoms with Crippen LogP contribution in [-0.2, 0) is 0 Å². The van der Waals surface area contributed by atoms with Crippen molar-refractivity contribution in [3.8, 4) is 62.5 Å². The van der Waals surface area contributed by atoms with E-state index in [1.165, 1.54) is 32.7 Å². The first-order valence-electron chi connectivity index (χ1n) is 18.9. The number of nitrogens with zero attached hydrogens (tertiary/aromatic N) is 5. The minimum Gasteiger partial charge on any atom is -0.258 e. The van der Waals surface area contributed by atoms with Gasteiger partial charge >= 0.3 is 0 Å². The number of pyridine rings is 1. The fourth-order valence-corrected chi connectivity index (χ4v) is 7.72. The van der Waals surface area contributed by atoms with Gasteiger partial charge in [-0.15, -0.1) is 0 Å². The molecular weight excluding hydrogens is 683 g/mol. The summed E-state index contributed by atoms with van der Waals surface area (Å²) in [5.74, 6) is 1.89. The summed E-state index contributed by atoms with van der Waals surface area (Å²) in [5, 5.41) is 11.7. The Bertz CT molecular complexity index is 2910. The van der Waals surface area contributed by atoms with Crippen LogP contribution >= 0.6 is 0 Å². The van der Waals surface area contributed by atoms with Crippen LogP contribution in [-0.4, -0.2) is 19.9 Å². The number of fused-ring (bicyclic) bond motifs is 1. The summed E-state index contributed by atoms with van der Waals surface area (Å²) in [6.45, 7) is 4.06. The molecule has 1 aliphatic rings. The van der Waals surface area contributed by atoms with Crippen LogP contribution in [0, 0.1) is 25.2 Å². The van der Waals surface area contributed by atoms with Gasteiger partial charge in [-0.1, -0.05) is 140 Å². The maximum absolute atomic E-state index is 9.18. The number of hydrogen-bond acceptors (Lipinski definition) is 5. The first kappa shape index (κ1) is 34.5. The minimum absolute atomic E-state index is 0.626. The number of rotatable bonds is 7. The Morgan fingerprint density at radius 1 is 0.411 bits per heavy atom. The maximum Gasteiger partial charge on any atom is 0.164 e. The van der Waals surface area contributed by atoms with Gasteiger partial charge in [0, 0.05) is 33.6 Å². The highest BCUT2D eigenvalue weighted by molar-refractivity contribution is 5.78. The van der Waals surface area contributed by atoms with Gasteiger partial charge in [0.15, 0.2) is 17.5 Å². The Morgan fingerprint density at radius 3 is 1.45 bits per heavy atom. The average molecular weight is 720 g/mol. The van der Waals surface area contributed by atoms with Crippen LogP contribution in [0.3, 0.4) is 0 Å². The topological polar surface area (TPSA) is 75.3 Å². The molecule has 0 fully saturated rings. The van der Waals surface area contributed by atoms with E-state index in [9.17, 15) is 5.26 Å². The van der Waals surface area contributed by atoms with Crippen LogP contribution in [0.4, 0.5) is 0 Å². The maximum atomic E-state index is 9.18. The molecule has 5 nitrogen and oxygen atoms in total. The lowest BCUT2D eigenvalue weighted by Gasteiger charge is -2.18. The smallest absolute Gasteiger partial charge is 0.164 e. The van der Waals surface area contributed by atoms with Gasteiger partial charge in [0.25, 0.3) is 0 Å². The number of aromatic nitrogens is 4. The number of hydrogen-bond donors (Lipinski definition) is 0. The van der Waals surface area contributed by atoms with Crippen molar-refractivity contribution in [2.45, 2.75) is 26.7 Å². The number of aryl methyl sites for hydroxylation is 2. The van der Waals surface area contributed by atoms with Crippen molar-refractivity contribution >= 4 is 11.1 Å². The van der Waals surface area contributed by atoms with Crippen molar-refractivity contribution in [1.29, 1.82) is 5.26 Å². The van der Waals surface area contributed by atoms with Gasteiger partial charge in [0.1, 0.15) is 0 Å². The first-order valence-corrected chi connectivity index (χ1v) is 18.9. The van der Waals surface area contributed by atoms with Crippen LogP contribution in [0.2, 0.25) is 0 Å². The Labute approximate surface area is 326 Å². The molecule has 1 aliphatic carbocycles. The third-order valence-corrected chi connectivity index (χ3v) is 10.6. The molecule has 56 heavy (non-hydrogen) atoms. The summed E-state index contributed by atoms with van der Waals surface area (Å²) in [5.41, 5.74) is 15.0. The molecule has 0 amide bonds. The van der Waals surface area contributed by atoms with Crippen molar-refractivity contribution in [2.75, 3.05) is 0 Å². The van der Waals surface area contributed by atoms with Gasteiger partial charge in [-0.05, 0) is 100 Å². The predicted octanol–water partition coefficient (Wildman–Crippen LogP) is 10.3. The van der Waals surface area contributed by atoms with Crippen LogP contribution in [0.15, 0.2) is 164 Å². The molecule has 0 bridgehead atoms. The zero-order chi connectivity index (χ0) is 38.0. The Morgan fingerprint density at radius 2 is 0.875 bits per heavy atom. The second-order valence-corrected chi connectivity index (χ2v) is 14.2. The SMILES string of the molecule is Cc1ccc(-c2cccc(-c3nc(-c4ccccc4)nc(-c4ccc(C5=c6ccccc6=C(c6ccc(-c7ccc(C#N)cc7)cc6)CC5)cc4)n3)c2)c(C)n1. The Balaban J connectivity index is 1.08. The van der Waals surface area contributed by atoms with E-state index in [-0.39, 0.29) is 0 Å². The molecule has 0 saturated carbocycles. The molecule has 0 aliphatic heterocycles. The second kappa shape index (κ2) is 14.9. The van der Waals surface area contributed by atoms with Crippen LogP contribution < -0.4 is 10.4 Å². The standard InChI is InChI=1S/C51H37N5/c1-33-15-28-44(34(2)53-33)42-11-8-12-43(31-42)51-55-49(40-9-4-3-5-10-40)54-50(56-51)41-26-24-39(25-27-41)46-30-29-45(47-13-6-7-14-48(46)47)38-22-20-37(21-23-38)36-18-16-35(32-52)17-19-36/h3-28,31H,29-30H2,1-2H3. The minimum atomic E-state index is 0.626. The van der Waals surface area contributed by atoms with Gasteiger partial charge in [0.05, 0.1) is 11.6 Å². The molecule has 0 saturated heterocycles. The number of nitriles is 1. The molecular formula is C51H37N5. The zero-order valence-corrected chi connectivity index (χ0v) is 31.2. The Hall–Kier alpha value is -7.29. The van der Waals surface area contributed by atoms with Crippen LogP contribution in [0.1, 0.15) is 40.9 Å². The van der Waals surface area contributed by atoms with E-state index in [1.54, 1.807) is 0 Å². The summed E-state index contributed by atoms with van der Waals surface area (Å²) >= 11 is 0. The lowest BCUT2D eigenvalue weighted by atomic mass is 9.86. The Kier molecular flexibility index (Phi) is 9.15. The molecule has 266 valence electrons. The highest BCUT2D eigenvalue weighted by Crippen LogP contribution is 2.32. The summed E-state index contributed by atoms with van der Waals surface area (Å²) < 4.78 is 0. The molecule has 2 heterocycles. The van der Waals surface area contributed by atoms with Crippen molar-refractivity contribution in [2.24, 2.45) is 0 Å². The van der Waals surface area contributed by atoms with Gasteiger partial charge in [-0.2, -0.15) is 5.26 Å². The van der Waals surface area contributed by atoms with Crippen molar-refractivity contribution in [3.63, 3.8) is 0 Å². The van der Waals surface area contributed by atoms with Crippen LogP contribution in [0.5, 0.6) is 0 Å². The fraction of sp³-hybridized carbons (Fsp3) is 0.0784. The molecule has 0 N–H and O–H groups in total. The van der Waals surface area contributed by atoms with E-state index in [4.69, 9.17) is 19.9 Å². The van der Waals surface area contributed by atoms with Gasteiger partial charge in [-0.25, -0.2) is 15.0 Å². The van der Waals surface area contributed by atoms with E-state index in [1.807, 2.05) is 74.5 Å². The van der Waals surface area contributed by atoms with Crippen molar-refractivity contribution < 1.29 is 0 Å². The summed E-state index contributed by atoms with van der Waals surface area (Å²) in [4.78, 5) is 19.8. The number of benzene rings is 6. The molecule has 0 atom stereocenters. The van der Waals surface area contributed by atoms with Crippen molar-refractivity contribution in [3.05, 3.63) is 202 Å². The average Bonchev–Trinajstić information content (AvgIpc) is 3.26. The predicted molar refractivity (Wildman–Crippen MR) is 225 cm³/mol. The molecule has 2 aromatic heterocycles. The second-order valence-electron chi connectivity index (χ2n) is 14.2. The quantitative estimate of drug-likeness (QED) is 0.164. The molecule has 5 heteroatoms. The normalized spacial score (nSPS) is 12.2. The summed E-state index contributed by atoms with van der Waals surface area (Å²) in [7, 11) is 0. The van der Waals surface area contributed by atoms with Gasteiger partial charge < -0.3 is 0 Å². The largest absolute Gasteiger partial charge is 0.258 e. The molecule has 0 unspecified atom stereocenters. The van der Waals surface area contributed by atoms with E-state index < -0.39 is 0 Å². The molecule has 6 aromatic carbocycles. The van der Waals surface area contributed by atoms with Crippen molar-refractivity contribution in [1.82, 2.24) is 19.9 Å². The van der Waals surface area contributed by atoms with E-state index >= 15 is 0 Å². The van der Waals surface area contributed by atoms with Gasteiger partial charge in [-0.3, -0.25) is 4.98 Å². The monoisotopic (exact) mass is 719 g/mol. The zero-order valence-electron chi connectivity index (χ0n) is 31.2. The van der Waals surface area contributed by atoms with Crippen LogP contribution in [0.25, 0.3) is 67.6 Å². The van der Waals surface area contributed by atoms with E-state index in [2.05, 4.69) is 109 Å². The summed E-state index contributed by atoms with van der Waals surface area (Å²) in [6.07, 6.45) is 1.88. The van der Waals surface area contributed by atoms with E-state index in [0.29, 0.717) is 23.0 Å². The molecule has 9 rings (SSSR count). The fourth-order valence-electron chi connectivity index (χ4n) is 7.72. The summed E-state index contributed by atoms with van der Waals surface area (Å²) in [6, 6.07) is 58.9. The first-order chi connectivity index (χ1) is 27.5. The molecule has 0 radical (unpaired) electrons. The highest BCUT2D eigenvalue weighted by Gasteiger charge is 2.17. The lowest BCUT2D eigenvalue weighted by molar-refractivity contribution is 1.04. The van der Waals surface area contributed by atoms with Gasteiger partial charge in [0.2, 0.25) is 0 Å². The highest BCUT2D eigenvalue weighted by atomic mass is 15.0. The molecule has 0 spiro atoms. The molecule has 8 aromatic rings. The third kappa shape index (κ3) is 6.81. The third-order valence-electron chi connectivity index (χ3n) is 10.6.